The summed E-state index contributed by atoms with van der Waals surface area (Å²) in [4.78, 5) is 20.5. The van der Waals surface area contributed by atoms with Crippen molar-refractivity contribution in [2.75, 3.05) is 6.54 Å². The average Bonchev–Trinajstić information content (AvgIpc) is 2.60. The van der Waals surface area contributed by atoms with Crippen LogP contribution in [0.4, 0.5) is 5.69 Å². The second-order valence-electron chi connectivity index (χ2n) is 5.35. The number of carbonyl (C=O) groups excluding carboxylic acids is 1. The number of amides is 1. The van der Waals surface area contributed by atoms with Crippen LogP contribution in [0.2, 0.25) is 0 Å². The van der Waals surface area contributed by atoms with Gasteiger partial charge in [0.1, 0.15) is 5.71 Å². The van der Waals surface area contributed by atoms with Gasteiger partial charge in [-0.05, 0) is 56.5 Å². The van der Waals surface area contributed by atoms with Crippen LogP contribution in [0.25, 0.3) is 0 Å². The van der Waals surface area contributed by atoms with Gasteiger partial charge in [0.05, 0.1) is 5.69 Å². The maximum atomic E-state index is 12.1. The Bertz CT molecular complexity index is 685. The van der Waals surface area contributed by atoms with E-state index in [9.17, 15) is 4.79 Å². The minimum Gasteiger partial charge on any atom is -0.351 e. The zero-order chi connectivity index (χ0) is 17.9. The smallest absolute Gasteiger partial charge is 0.265 e. The highest BCUT2D eigenvalue weighted by molar-refractivity contribution is 6.38. The Morgan fingerprint density at radius 2 is 1.83 bits per heavy atom. The Morgan fingerprint density at radius 1 is 1.17 bits per heavy atom. The molecule has 130 valence electrons. The molecule has 1 N–H and O–H groups in total. The molecule has 0 bridgehead atoms. The average molecular weight is 327 g/mol. The van der Waals surface area contributed by atoms with Crippen molar-refractivity contribution < 1.29 is 6.22 Å². The summed E-state index contributed by atoms with van der Waals surface area (Å²) in [5.41, 5.74) is 4.73. The van der Waals surface area contributed by atoms with E-state index in [2.05, 4.69) is 21.4 Å². The Labute approximate surface area is 146 Å². The minimum atomic E-state index is -0.131. The third kappa shape index (κ3) is 6.32. The van der Waals surface area contributed by atoms with E-state index in [1.165, 1.54) is 5.56 Å². The van der Waals surface area contributed by atoms with Crippen LogP contribution in [0.15, 0.2) is 47.7 Å². The van der Waals surface area contributed by atoms with Crippen LogP contribution in [0.1, 0.15) is 38.9 Å². The summed E-state index contributed by atoms with van der Waals surface area (Å²) in [6.45, 7) is 10.4. The number of hydrogen-bond acceptors (Lipinski definition) is 3. The van der Waals surface area contributed by atoms with Gasteiger partial charge in [0.2, 0.25) is 0 Å². The molecule has 4 nitrogen and oxygen atoms in total. The molecule has 0 aliphatic heterocycles. The zero-order valence-corrected chi connectivity index (χ0v) is 15.3. The molecule has 1 aromatic heterocycles. The first-order valence-electron chi connectivity index (χ1n) is 8.36. The fourth-order valence-corrected chi connectivity index (χ4v) is 2.16. The van der Waals surface area contributed by atoms with Crippen molar-refractivity contribution in [3.63, 3.8) is 0 Å². The number of hydrogen-bond donors (Lipinski definition) is 1. The van der Waals surface area contributed by atoms with Gasteiger partial charge >= 0.3 is 0 Å². The molecular weight excluding hydrogens is 298 g/mol. The van der Waals surface area contributed by atoms with Crippen molar-refractivity contribution in [1.82, 2.24) is 10.3 Å². The molecule has 0 aliphatic carbocycles. The van der Waals surface area contributed by atoms with Crippen LogP contribution in [-0.2, 0) is 11.2 Å². The molecule has 0 saturated carbocycles. The molecule has 1 amide bonds. The Balaban J connectivity index is 0.00000185. The van der Waals surface area contributed by atoms with E-state index in [0.29, 0.717) is 12.3 Å². The maximum Gasteiger partial charge on any atom is 0.265 e. The number of nitrogens with zero attached hydrogens (tertiary/aromatic N) is 2. The number of aliphatic imine (C=N–C) groups is 1. The number of aromatic nitrogens is 1. The third-order valence-electron chi connectivity index (χ3n) is 3.42. The molecule has 0 spiro atoms. The van der Waals surface area contributed by atoms with Crippen LogP contribution < -0.4 is 5.32 Å². The lowest BCUT2D eigenvalue weighted by Gasteiger charge is -2.06. The second kappa shape index (κ2) is 10.3. The summed E-state index contributed by atoms with van der Waals surface area (Å²) in [5, 5.41) is 2.89. The van der Waals surface area contributed by atoms with E-state index in [0.717, 1.165) is 23.2 Å². The van der Waals surface area contributed by atoms with Crippen molar-refractivity contribution >= 4 is 17.3 Å². The minimum absolute atomic E-state index is 0. The lowest BCUT2D eigenvalue weighted by atomic mass is 10.1. The predicted octanol–water partition coefficient (Wildman–Crippen LogP) is 4.42. The van der Waals surface area contributed by atoms with Crippen LogP contribution in [-0.4, -0.2) is 23.1 Å². The lowest BCUT2D eigenvalue weighted by Crippen LogP contribution is -2.31. The molecular formula is C20H29N3O. The predicted molar refractivity (Wildman–Crippen MR) is 103 cm³/mol. The fourth-order valence-electron chi connectivity index (χ4n) is 2.16. The van der Waals surface area contributed by atoms with Gasteiger partial charge in [0.15, 0.2) is 0 Å². The Hall–Kier alpha value is -2.49. The van der Waals surface area contributed by atoms with E-state index < -0.39 is 0 Å². The Kier molecular flexibility index (Phi) is 8.41. The fraction of sp³-hybridized carbons (Fsp3) is 0.350. The molecule has 1 aromatic carbocycles. The first-order chi connectivity index (χ1) is 11.6. The molecule has 0 atom stereocenters. The normalized spacial score (nSPS) is 10.6. The number of pyridine rings is 1. The third-order valence-corrected chi connectivity index (χ3v) is 3.42. The van der Waals surface area contributed by atoms with Crippen molar-refractivity contribution in [3.8, 4) is 0 Å². The van der Waals surface area contributed by atoms with Crippen LogP contribution in [0, 0.1) is 13.8 Å². The topological polar surface area (TPSA) is 54.4 Å². The number of carbonyl (C=O) groups is 1. The maximum absolute atomic E-state index is 12.1. The van der Waals surface area contributed by atoms with Crippen molar-refractivity contribution in [2.45, 2.75) is 41.0 Å². The van der Waals surface area contributed by atoms with E-state index >= 15 is 0 Å². The summed E-state index contributed by atoms with van der Waals surface area (Å²) in [6.07, 6.45) is 4.29. The number of aryl methyl sites for hydroxylation is 2. The van der Waals surface area contributed by atoms with E-state index in [4.69, 9.17) is 0 Å². The molecule has 0 radical (unpaired) electrons. The van der Waals surface area contributed by atoms with Gasteiger partial charge in [0.25, 0.3) is 5.91 Å². The zero-order valence-electron chi connectivity index (χ0n) is 15.3. The summed E-state index contributed by atoms with van der Waals surface area (Å²) < 4.78 is 0. The molecule has 0 fully saturated rings. The summed E-state index contributed by atoms with van der Waals surface area (Å²) in [6, 6.07) is 9.90. The molecule has 1 heterocycles. The molecule has 2 rings (SSSR count). The molecule has 4 heteroatoms. The van der Waals surface area contributed by atoms with E-state index in [-0.39, 0.29) is 7.33 Å². The largest absolute Gasteiger partial charge is 0.351 e. The van der Waals surface area contributed by atoms with Crippen molar-refractivity contribution in [1.29, 1.82) is 0 Å². The number of nitrogens with one attached hydrogen (secondary N) is 1. The molecule has 0 aliphatic rings. The molecule has 0 unspecified atom stereocenters. The lowest BCUT2D eigenvalue weighted by molar-refractivity contribution is -0.114. The first kappa shape index (κ1) is 19.6. The van der Waals surface area contributed by atoms with Gasteiger partial charge in [-0.2, -0.15) is 0 Å². The molecule has 2 aromatic rings. The van der Waals surface area contributed by atoms with Crippen LogP contribution >= 0.6 is 0 Å². The first-order valence-corrected chi connectivity index (χ1v) is 8.36. The number of rotatable bonds is 5. The van der Waals surface area contributed by atoms with Gasteiger partial charge in [-0.1, -0.05) is 31.5 Å². The van der Waals surface area contributed by atoms with Crippen LogP contribution in [0.5, 0.6) is 0 Å². The monoisotopic (exact) mass is 327 g/mol. The highest BCUT2D eigenvalue weighted by atomic mass is 16.1. The Morgan fingerprint density at radius 3 is 2.46 bits per heavy atom. The highest BCUT2D eigenvalue weighted by Gasteiger charge is 2.06. The SMILES string of the molecule is CC.CC(=Nc1ccc(C)cc1C)C(=O)NCCc1ccncc1.[HH]. The standard InChI is InChI=1S/C18H21N3O.C2H6.H2/c1-13-4-5-17(14(2)12-13)21-15(3)18(22)20-11-8-16-6-9-19-10-7-16;1-2;/h4-7,9-10,12H,8,11H2,1-3H3,(H,20,22);1-2H3;1H. The summed E-state index contributed by atoms with van der Waals surface area (Å²) in [7, 11) is 0. The van der Waals surface area contributed by atoms with Crippen molar-refractivity contribution in [2.24, 2.45) is 4.99 Å². The van der Waals surface area contributed by atoms with Gasteiger partial charge in [-0.3, -0.25) is 9.78 Å². The van der Waals surface area contributed by atoms with Crippen molar-refractivity contribution in [3.05, 3.63) is 59.4 Å². The van der Waals surface area contributed by atoms with E-state index in [1.54, 1.807) is 19.3 Å². The van der Waals surface area contributed by atoms with Gasteiger partial charge in [-0.25, -0.2) is 4.99 Å². The van der Waals surface area contributed by atoms with Gasteiger partial charge < -0.3 is 5.32 Å². The van der Waals surface area contributed by atoms with Crippen LogP contribution in [0.3, 0.4) is 0 Å². The summed E-state index contributed by atoms with van der Waals surface area (Å²) in [5.74, 6) is -0.131. The molecule has 24 heavy (non-hydrogen) atoms. The van der Waals surface area contributed by atoms with E-state index in [1.807, 2.05) is 52.0 Å². The van der Waals surface area contributed by atoms with Gasteiger partial charge in [0, 0.05) is 20.4 Å². The quantitative estimate of drug-likeness (QED) is 0.826. The van der Waals surface area contributed by atoms with Gasteiger partial charge in [-0.15, -0.1) is 0 Å². The summed E-state index contributed by atoms with van der Waals surface area (Å²) >= 11 is 0. The number of benzene rings is 1. The highest BCUT2D eigenvalue weighted by Crippen LogP contribution is 2.19. The molecule has 0 saturated heterocycles. The second-order valence-corrected chi connectivity index (χ2v) is 5.35.